The zero-order valence-electron chi connectivity index (χ0n) is 25.2. The van der Waals surface area contributed by atoms with E-state index in [9.17, 15) is 18.0 Å². The number of rotatable bonds is 8. The van der Waals surface area contributed by atoms with Gasteiger partial charge in [-0.3, -0.25) is 10.1 Å². The minimum Gasteiger partial charge on any atom is -0.484 e. The summed E-state index contributed by atoms with van der Waals surface area (Å²) in [7, 11) is -3.60. The first-order chi connectivity index (χ1) is 21.4. The molecule has 1 saturated heterocycles. The van der Waals surface area contributed by atoms with Crippen molar-refractivity contribution in [3.05, 3.63) is 83.0 Å². The summed E-state index contributed by atoms with van der Waals surface area (Å²) in [5, 5.41) is 5.83. The van der Waals surface area contributed by atoms with Crippen molar-refractivity contribution in [1.82, 2.24) is 14.6 Å². The summed E-state index contributed by atoms with van der Waals surface area (Å²) in [5.74, 6) is 0.568. The minimum atomic E-state index is -3.60. The van der Waals surface area contributed by atoms with E-state index < -0.39 is 27.8 Å². The van der Waals surface area contributed by atoms with E-state index in [1.54, 1.807) is 75.5 Å². The fraction of sp³-hybridized carbons (Fsp3) is 0.344. The average molecular weight is 655 g/mol. The van der Waals surface area contributed by atoms with Gasteiger partial charge in [-0.2, -0.15) is 4.31 Å². The second-order valence-corrected chi connectivity index (χ2v) is 13.9. The van der Waals surface area contributed by atoms with Crippen molar-refractivity contribution in [2.24, 2.45) is 0 Å². The number of nitrogens with one attached hydrogen (secondary N) is 2. The molecular formula is C32H35ClN4O7S. The molecule has 0 bridgehead atoms. The SMILES string of the molecule is CC(C)(C)OC(=O)Nc1ccc(CNC(=O)/C=C/C2Cc3c(-c4ccc(S(=O)(=O)N5CCOCC5)cc4)ccc(Cl)c3O2)cn1. The highest BCUT2D eigenvalue weighted by Crippen LogP contribution is 2.42. The number of sulfonamides is 1. The number of fused-ring (bicyclic) bond motifs is 1. The van der Waals surface area contributed by atoms with E-state index in [0.717, 1.165) is 22.3 Å². The second kappa shape index (κ2) is 13.6. The lowest BCUT2D eigenvalue weighted by molar-refractivity contribution is -0.116. The molecule has 1 unspecified atom stereocenters. The van der Waals surface area contributed by atoms with E-state index >= 15 is 0 Å². The first-order valence-electron chi connectivity index (χ1n) is 14.5. The Bertz CT molecular complexity index is 1680. The number of morpholine rings is 1. The van der Waals surface area contributed by atoms with Crippen molar-refractivity contribution in [2.75, 3.05) is 31.6 Å². The molecule has 11 nitrogen and oxygen atoms in total. The van der Waals surface area contributed by atoms with Crippen LogP contribution in [0, 0.1) is 0 Å². The smallest absolute Gasteiger partial charge is 0.413 e. The Morgan fingerprint density at radius 2 is 1.82 bits per heavy atom. The number of benzene rings is 2. The number of hydrogen-bond acceptors (Lipinski definition) is 8. The molecule has 2 aliphatic rings. The van der Waals surface area contributed by atoms with Crippen molar-refractivity contribution >= 4 is 39.4 Å². The van der Waals surface area contributed by atoms with E-state index in [4.69, 9.17) is 25.8 Å². The van der Waals surface area contributed by atoms with Gasteiger partial charge in [0.05, 0.1) is 23.1 Å². The molecule has 3 heterocycles. The Morgan fingerprint density at radius 3 is 2.49 bits per heavy atom. The van der Waals surface area contributed by atoms with Crippen LogP contribution in [0.1, 0.15) is 31.9 Å². The Kier molecular flexibility index (Phi) is 9.78. The molecule has 2 aromatic carbocycles. The lowest BCUT2D eigenvalue weighted by atomic mass is 9.96. The summed E-state index contributed by atoms with van der Waals surface area (Å²) in [5.41, 5.74) is 2.72. The fourth-order valence-corrected chi connectivity index (χ4v) is 6.53. The molecule has 13 heteroatoms. The summed E-state index contributed by atoms with van der Waals surface area (Å²) in [4.78, 5) is 28.9. The summed E-state index contributed by atoms with van der Waals surface area (Å²) in [6, 6.07) is 13.8. The van der Waals surface area contributed by atoms with Gasteiger partial charge >= 0.3 is 6.09 Å². The van der Waals surface area contributed by atoms with E-state index in [1.165, 1.54) is 10.4 Å². The maximum atomic E-state index is 13.0. The fourth-order valence-electron chi connectivity index (χ4n) is 4.90. The molecule has 3 aromatic rings. The van der Waals surface area contributed by atoms with Gasteiger partial charge < -0.3 is 19.5 Å². The maximum Gasteiger partial charge on any atom is 0.413 e. The third kappa shape index (κ3) is 8.20. The predicted octanol–water partition coefficient (Wildman–Crippen LogP) is 4.95. The highest BCUT2D eigenvalue weighted by atomic mass is 35.5. The molecular weight excluding hydrogens is 620 g/mol. The van der Waals surface area contributed by atoms with Crippen LogP contribution in [0.4, 0.5) is 10.6 Å². The van der Waals surface area contributed by atoms with Gasteiger partial charge in [-0.1, -0.05) is 35.9 Å². The standard InChI is InChI=1S/C32H35ClN4O7S/c1-32(2,3)44-31(39)36-28-12-4-21(19-34-28)20-35-29(38)13-7-23-18-26-25(10-11-27(33)30(26)43-23)22-5-8-24(9-6-22)45(40,41)37-14-16-42-17-15-37/h4-13,19,23H,14-18,20H2,1-3H3,(H,35,38)(H,34,36,39)/b13-7+. The van der Waals surface area contributed by atoms with Crippen LogP contribution >= 0.6 is 11.6 Å². The molecule has 0 aliphatic carbocycles. The van der Waals surface area contributed by atoms with E-state index in [2.05, 4.69) is 15.6 Å². The summed E-state index contributed by atoms with van der Waals surface area (Å²) in [6.07, 6.45) is 4.13. The van der Waals surface area contributed by atoms with E-state index in [1.807, 2.05) is 6.07 Å². The zero-order valence-corrected chi connectivity index (χ0v) is 26.8. The Balaban J connectivity index is 1.17. The highest BCUT2D eigenvalue weighted by molar-refractivity contribution is 7.89. The number of aromatic nitrogens is 1. The molecule has 0 saturated carbocycles. The minimum absolute atomic E-state index is 0.228. The molecule has 5 rings (SSSR count). The lowest BCUT2D eigenvalue weighted by Gasteiger charge is -2.26. The van der Waals surface area contributed by atoms with E-state index in [0.29, 0.717) is 49.3 Å². The monoisotopic (exact) mass is 654 g/mol. The first kappa shape index (κ1) is 32.4. The number of ether oxygens (including phenoxy) is 3. The van der Waals surface area contributed by atoms with Gasteiger partial charge in [0.15, 0.2) is 0 Å². The molecule has 238 valence electrons. The number of anilines is 1. The van der Waals surface area contributed by atoms with Crippen LogP contribution in [0.5, 0.6) is 5.75 Å². The van der Waals surface area contributed by atoms with Gasteiger partial charge in [0.2, 0.25) is 15.9 Å². The van der Waals surface area contributed by atoms with Gasteiger partial charge in [-0.05, 0) is 67.8 Å². The number of carbonyl (C=O) groups excluding carboxylic acids is 2. The molecule has 2 N–H and O–H groups in total. The summed E-state index contributed by atoms with van der Waals surface area (Å²) < 4.78 is 44.1. The second-order valence-electron chi connectivity index (χ2n) is 11.6. The highest BCUT2D eigenvalue weighted by Gasteiger charge is 2.29. The molecule has 2 amide bonds. The summed E-state index contributed by atoms with van der Waals surface area (Å²) in [6.45, 7) is 6.99. The molecule has 2 aliphatic heterocycles. The maximum absolute atomic E-state index is 13.0. The largest absolute Gasteiger partial charge is 0.484 e. The number of carbonyl (C=O) groups is 2. The number of nitrogens with zero attached hydrogens (tertiary/aromatic N) is 2. The molecule has 0 spiro atoms. The molecule has 0 radical (unpaired) electrons. The van der Waals surface area contributed by atoms with Gasteiger partial charge in [0, 0.05) is 43.9 Å². The van der Waals surface area contributed by atoms with Crippen molar-refractivity contribution in [1.29, 1.82) is 0 Å². The van der Waals surface area contributed by atoms with Crippen LogP contribution in [0.2, 0.25) is 5.02 Å². The molecule has 1 aromatic heterocycles. The Labute approximate surface area is 267 Å². The third-order valence-electron chi connectivity index (χ3n) is 7.04. The molecule has 1 atom stereocenters. The van der Waals surface area contributed by atoms with Crippen molar-refractivity contribution in [3.8, 4) is 16.9 Å². The Morgan fingerprint density at radius 1 is 1.09 bits per heavy atom. The van der Waals surface area contributed by atoms with E-state index in [-0.39, 0.29) is 17.3 Å². The molecule has 1 fully saturated rings. The number of amides is 2. The van der Waals surface area contributed by atoms with Gasteiger partial charge in [0.25, 0.3) is 0 Å². The lowest BCUT2D eigenvalue weighted by Crippen LogP contribution is -2.40. The predicted molar refractivity (Wildman–Crippen MR) is 170 cm³/mol. The number of hydrogen-bond donors (Lipinski definition) is 2. The Hall–Kier alpha value is -3.97. The number of pyridine rings is 1. The quantitative estimate of drug-likeness (QED) is 0.326. The normalized spacial score (nSPS) is 17.0. The van der Waals surface area contributed by atoms with Gasteiger partial charge in [-0.25, -0.2) is 18.2 Å². The summed E-state index contributed by atoms with van der Waals surface area (Å²) >= 11 is 6.45. The van der Waals surface area contributed by atoms with Crippen molar-refractivity contribution in [3.63, 3.8) is 0 Å². The third-order valence-corrected chi connectivity index (χ3v) is 9.25. The topological polar surface area (TPSA) is 136 Å². The van der Waals surface area contributed by atoms with Crippen LogP contribution in [-0.4, -0.2) is 67.7 Å². The zero-order chi connectivity index (χ0) is 32.2. The van der Waals surface area contributed by atoms with Crippen LogP contribution < -0.4 is 15.4 Å². The van der Waals surface area contributed by atoms with Crippen LogP contribution in [0.3, 0.4) is 0 Å². The van der Waals surface area contributed by atoms with Crippen LogP contribution in [-0.2, 0) is 37.3 Å². The van der Waals surface area contributed by atoms with Crippen molar-refractivity contribution < 1.29 is 32.2 Å². The van der Waals surface area contributed by atoms with Crippen molar-refractivity contribution in [2.45, 2.75) is 50.3 Å². The average Bonchev–Trinajstić information content (AvgIpc) is 3.45. The number of halogens is 1. The first-order valence-corrected chi connectivity index (χ1v) is 16.3. The van der Waals surface area contributed by atoms with Gasteiger partial charge in [0.1, 0.15) is 23.3 Å². The van der Waals surface area contributed by atoms with Gasteiger partial charge in [-0.15, -0.1) is 0 Å². The van der Waals surface area contributed by atoms with Crippen LogP contribution in [0.25, 0.3) is 11.1 Å². The van der Waals surface area contributed by atoms with Crippen LogP contribution in [0.15, 0.2) is 71.8 Å². The molecule has 45 heavy (non-hydrogen) atoms.